The zero-order valence-electron chi connectivity index (χ0n) is 14.0. The smallest absolute Gasteiger partial charge is 0.312 e. The van der Waals surface area contributed by atoms with Crippen molar-refractivity contribution in [1.82, 2.24) is 0 Å². The summed E-state index contributed by atoms with van der Waals surface area (Å²) in [6.07, 6.45) is 2.89. The molecule has 4 saturated carbocycles. The predicted octanol–water partition coefficient (Wildman–Crippen LogP) is 3.39. The summed E-state index contributed by atoms with van der Waals surface area (Å²) in [7, 11) is 0. The van der Waals surface area contributed by atoms with Crippen LogP contribution in [0.3, 0.4) is 0 Å². The van der Waals surface area contributed by atoms with E-state index in [9.17, 15) is 22.4 Å². The van der Waals surface area contributed by atoms with Crippen LogP contribution in [0.5, 0.6) is 0 Å². The van der Waals surface area contributed by atoms with Gasteiger partial charge in [-0.1, -0.05) is 0 Å². The zero-order chi connectivity index (χ0) is 18.1. The highest BCUT2D eigenvalue weighted by molar-refractivity contribution is 5.77. The van der Waals surface area contributed by atoms with Gasteiger partial charge in [-0.3, -0.25) is 4.79 Å². The van der Waals surface area contributed by atoms with Crippen LogP contribution in [0.4, 0.5) is 17.6 Å². The van der Waals surface area contributed by atoms with Gasteiger partial charge in [0.05, 0.1) is 5.41 Å². The number of esters is 1. The average molecular weight is 366 g/mol. The number of carbonyl (C=O) groups excluding carboxylic acids is 1. The van der Waals surface area contributed by atoms with Gasteiger partial charge in [0.1, 0.15) is 13.2 Å². The van der Waals surface area contributed by atoms with Crippen LogP contribution in [0, 0.1) is 23.2 Å². The van der Waals surface area contributed by atoms with Crippen molar-refractivity contribution >= 4 is 5.97 Å². The van der Waals surface area contributed by atoms with Crippen molar-refractivity contribution < 1.29 is 36.6 Å². The maximum Gasteiger partial charge on any atom is 0.312 e. The minimum atomic E-state index is -3.07. The first-order valence-electron chi connectivity index (χ1n) is 8.74. The molecule has 142 valence electrons. The highest BCUT2D eigenvalue weighted by Crippen LogP contribution is 2.66. The Morgan fingerprint density at radius 2 is 1.68 bits per heavy atom. The Morgan fingerprint density at radius 1 is 1.12 bits per heavy atom. The maximum absolute atomic E-state index is 13.4. The van der Waals surface area contributed by atoms with E-state index in [1.807, 2.05) is 0 Å². The summed E-state index contributed by atoms with van der Waals surface area (Å²) in [6.45, 7) is -1.58. The normalized spacial score (nSPS) is 41.1. The van der Waals surface area contributed by atoms with Gasteiger partial charge < -0.3 is 14.2 Å². The molecule has 8 heteroatoms. The van der Waals surface area contributed by atoms with E-state index in [1.54, 1.807) is 0 Å². The number of ether oxygens (including phenoxy) is 3. The molecule has 0 aromatic carbocycles. The summed E-state index contributed by atoms with van der Waals surface area (Å²) in [5.74, 6) is -7.81. The summed E-state index contributed by atoms with van der Waals surface area (Å²) in [4.78, 5) is 12.6. The highest BCUT2D eigenvalue weighted by Gasteiger charge is 2.68. The van der Waals surface area contributed by atoms with Crippen molar-refractivity contribution in [3.05, 3.63) is 0 Å². The molecule has 0 radical (unpaired) electrons. The van der Waals surface area contributed by atoms with Crippen LogP contribution in [0.1, 0.15) is 39.0 Å². The second-order valence-corrected chi connectivity index (χ2v) is 8.43. The first-order valence-corrected chi connectivity index (χ1v) is 8.74. The molecular formula is C17H22F4O4. The standard InChI is InChI=1S/C17H22F4O4/c1-14(18,19)7-23-13(22)15-4-10-2-11(5-15)17(12(3-10)6-15)24-8-16(20,21)9-25-17/h10-12H,2-9H2,1H3. The molecule has 5 fully saturated rings. The van der Waals surface area contributed by atoms with Crippen LogP contribution < -0.4 is 0 Å². The molecule has 1 heterocycles. The molecular weight excluding hydrogens is 344 g/mol. The Morgan fingerprint density at radius 3 is 2.20 bits per heavy atom. The molecule has 0 amide bonds. The fourth-order valence-electron chi connectivity index (χ4n) is 5.51. The number of hydrogen-bond acceptors (Lipinski definition) is 4. The molecule has 0 N–H and O–H groups in total. The lowest BCUT2D eigenvalue weighted by atomic mass is 9.47. The molecule has 1 saturated heterocycles. The van der Waals surface area contributed by atoms with E-state index in [2.05, 4.69) is 0 Å². The van der Waals surface area contributed by atoms with Crippen LogP contribution >= 0.6 is 0 Å². The molecule has 5 rings (SSSR count). The van der Waals surface area contributed by atoms with Crippen LogP contribution in [0.15, 0.2) is 0 Å². The lowest BCUT2D eigenvalue weighted by Crippen LogP contribution is -2.68. The molecule has 1 spiro atoms. The van der Waals surface area contributed by atoms with Crippen molar-refractivity contribution in [2.45, 2.75) is 56.7 Å². The third-order valence-corrected chi connectivity index (χ3v) is 6.24. The summed E-state index contributed by atoms with van der Waals surface area (Å²) in [5, 5.41) is 0. The molecule has 4 bridgehead atoms. The quantitative estimate of drug-likeness (QED) is 0.567. The Balaban J connectivity index is 1.52. The van der Waals surface area contributed by atoms with E-state index < -0.39 is 48.8 Å². The number of halogens is 4. The van der Waals surface area contributed by atoms with Crippen molar-refractivity contribution in [1.29, 1.82) is 0 Å². The minimum Gasteiger partial charge on any atom is -0.459 e. The van der Waals surface area contributed by atoms with Crippen molar-refractivity contribution in [3.8, 4) is 0 Å². The third kappa shape index (κ3) is 2.85. The Hall–Kier alpha value is -0.890. The van der Waals surface area contributed by atoms with E-state index in [0.29, 0.717) is 26.2 Å². The average Bonchev–Trinajstić information content (AvgIpc) is 2.50. The zero-order valence-corrected chi connectivity index (χ0v) is 14.0. The summed E-state index contributed by atoms with van der Waals surface area (Å²) in [6, 6.07) is 0. The number of carbonyl (C=O) groups is 1. The van der Waals surface area contributed by atoms with Crippen LogP contribution in [0.25, 0.3) is 0 Å². The molecule has 4 aliphatic carbocycles. The van der Waals surface area contributed by atoms with E-state index >= 15 is 0 Å². The SMILES string of the molecule is CC(F)(F)COC(=O)C12CC3CC(C1)C1(OCC(F)(F)CO1)C(C3)C2. The highest BCUT2D eigenvalue weighted by atomic mass is 19.3. The van der Waals surface area contributed by atoms with Crippen molar-refractivity contribution in [3.63, 3.8) is 0 Å². The fraction of sp³-hybridized carbons (Fsp3) is 0.941. The molecule has 0 aromatic heterocycles. The summed E-state index contributed by atoms with van der Waals surface area (Å²) < 4.78 is 68.9. The molecule has 1 aliphatic heterocycles. The van der Waals surface area contributed by atoms with E-state index in [0.717, 1.165) is 12.8 Å². The first kappa shape index (κ1) is 17.5. The van der Waals surface area contributed by atoms with Crippen LogP contribution in [-0.2, 0) is 19.0 Å². The number of rotatable bonds is 3. The lowest BCUT2D eigenvalue weighted by Gasteiger charge is -2.64. The lowest BCUT2D eigenvalue weighted by molar-refractivity contribution is -0.399. The van der Waals surface area contributed by atoms with E-state index in [-0.39, 0.29) is 17.8 Å². The Bertz CT molecular complexity index is 545. The van der Waals surface area contributed by atoms with Gasteiger partial charge in [0.15, 0.2) is 12.4 Å². The molecule has 5 aliphatic rings. The second-order valence-electron chi connectivity index (χ2n) is 8.43. The topological polar surface area (TPSA) is 44.8 Å². The van der Waals surface area contributed by atoms with Crippen LogP contribution in [-0.4, -0.2) is 43.4 Å². The first-order chi connectivity index (χ1) is 11.5. The monoisotopic (exact) mass is 366 g/mol. The molecule has 2 atom stereocenters. The maximum atomic E-state index is 13.4. The fourth-order valence-corrected chi connectivity index (χ4v) is 5.51. The van der Waals surface area contributed by atoms with Gasteiger partial charge in [-0.25, -0.2) is 17.6 Å². The van der Waals surface area contributed by atoms with Crippen molar-refractivity contribution in [2.24, 2.45) is 23.2 Å². The van der Waals surface area contributed by atoms with Gasteiger partial charge in [-0.15, -0.1) is 0 Å². The number of hydrogen-bond donors (Lipinski definition) is 0. The number of alkyl halides is 4. The Kier molecular flexibility index (Phi) is 3.72. The van der Waals surface area contributed by atoms with E-state index in [1.165, 1.54) is 0 Å². The van der Waals surface area contributed by atoms with Gasteiger partial charge in [0.2, 0.25) is 0 Å². The molecule has 2 unspecified atom stereocenters. The summed E-state index contributed by atoms with van der Waals surface area (Å²) >= 11 is 0. The van der Waals surface area contributed by atoms with Gasteiger partial charge in [0.25, 0.3) is 11.8 Å². The Labute approximate surface area is 143 Å². The molecule has 0 aromatic rings. The summed E-state index contributed by atoms with van der Waals surface area (Å²) in [5.41, 5.74) is -0.806. The molecule has 25 heavy (non-hydrogen) atoms. The van der Waals surface area contributed by atoms with E-state index in [4.69, 9.17) is 14.2 Å². The minimum absolute atomic E-state index is 0.176. The van der Waals surface area contributed by atoms with Crippen molar-refractivity contribution in [2.75, 3.05) is 19.8 Å². The van der Waals surface area contributed by atoms with Gasteiger partial charge in [-0.05, 0) is 38.0 Å². The largest absolute Gasteiger partial charge is 0.459 e. The second kappa shape index (κ2) is 5.31. The van der Waals surface area contributed by atoms with Gasteiger partial charge in [0, 0.05) is 18.8 Å². The van der Waals surface area contributed by atoms with Gasteiger partial charge in [-0.2, -0.15) is 0 Å². The van der Waals surface area contributed by atoms with Gasteiger partial charge >= 0.3 is 5.97 Å². The predicted molar refractivity (Wildman–Crippen MR) is 77.2 cm³/mol. The molecule has 4 nitrogen and oxygen atoms in total. The third-order valence-electron chi connectivity index (χ3n) is 6.24. The van der Waals surface area contributed by atoms with Crippen LogP contribution in [0.2, 0.25) is 0 Å².